The Morgan fingerprint density at radius 1 is 1.41 bits per heavy atom. The van der Waals surface area contributed by atoms with Crippen LogP contribution >= 0.6 is 0 Å². The molecule has 2 aliphatic rings. The van der Waals surface area contributed by atoms with Gasteiger partial charge in [0.2, 0.25) is 5.91 Å². The van der Waals surface area contributed by atoms with E-state index in [1.807, 2.05) is 6.07 Å². The number of H-pyrrole nitrogens is 2. The van der Waals surface area contributed by atoms with Gasteiger partial charge in [-0.1, -0.05) is 20.8 Å². The molecule has 2 N–H and O–H groups in total. The number of carbonyl (C=O) groups excluding carboxylic acids is 1. The molecule has 1 unspecified atom stereocenters. The highest BCUT2D eigenvalue weighted by Gasteiger charge is 2.53. The minimum absolute atomic E-state index is 0.105. The summed E-state index contributed by atoms with van der Waals surface area (Å²) in [4.78, 5) is 26.7. The summed E-state index contributed by atoms with van der Waals surface area (Å²) in [6.45, 7) is 6.63. The normalized spacial score (nSPS) is 22.6. The van der Waals surface area contributed by atoms with Crippen molar-refractivity contribution in [2.45, 2.75) is 52.9 Å². The van der Waals surface area contributed by atoms with Crippen LogP contribution in [-0.2, 0) is 17.6 Å². The van der Waals surface area contributed by atoms with Crippen LogP contribution in [0, 0.1) is 17.3 Å². The van der Waals surface area contributed by atoms with Crippen molar-refractivity contribution >= 4 is 22.8 Å². The van der Waals surface area contributed by atoms with E-state index in [4.69, 9.17) is 0 Å². The molecule has 0 aromatic carbocycles. The van der Waals surface area contributed by atoms with Crippen LogP contribution in [0.5, 0.6) is 0 Å². The molecule has 29 heavy (non-hydrogen) atoms. The van der Waals surface area contributed by atoms with Gasteiger partial charge in [0, 0.05) is 24.7 Å². The van der Waals surface area contributed by atoms with E-state index in [0.717, 1.165) is 47.9 Å². The summed E-state index contributed by atoms with van der Waals surface area (Å²) in [7, 11) is 1.81. The van der Waals surface area contributed by atoms with Crippen molar-refractivity contribution in [3.05, 3.63) is 23.5 Å². The topological polar surface area (TPSA) is 90.6 Å². The number of pyridine rings is 1. The van der Waals surface area contributed by atoms with Gasteiger partial charge in [0.25, 0.3) is 0 Å². The highest BCUT2D eigenvalue weighted by atomic mass is 16.2. The van der Waals surface area contributed by atoms with Gasteiger partial charge in [-0.25, -0.2) is 9.97 Å². The van der Waals surface area contributed by atoms with E-state index >= 15 is 0 Å². The maximum atomic E-state index is 12.5. The molecule has 0 bridgehead atoms. The molecule has 1 saturated carbocycles. The fourth-order valence-electron chi connectivity index (χ4n) is 4.56. The van der Waals surface area contributed by atoms with Crippen molar-refractivity contribution in [1.29, 1.82) is 0 Å². The zero-order valence-corrected chi connectivity index (χ0v) is 17.5. The second kappa shape index (κ2) is 6.40. The third kappa shape index (κ3) is 3.12. The zero-order valence-electron chi connectivity index (χ0n) is 17.5. The summed E-state index contributed by atoms with van der Waals surface area (Å²) in [5.74, 6) is 2.14. The first-order valence-electron chi connectivity index (χ1n) is 10.5. The van der Waals surface area contributed by atoms with Gasteiger partial charge in [-0.05, 0) is 49.0 Å². The third-order valence-electron chi connectivity index (χ3n) is 6.77. The molecule has 3 aromatic heterocycles. The van der Waals surface area contributed by atoms with Gasteiger partial charge >= 0.3 is 0 Å². The number of aromatic amines is 2. The second-order valence-corrected chi connectivity index (χ2v) is 9.50. The quantitative estimate of drug-likeness (QED) is 0.689. The number of hydrogen-bond donors (Lipinski definition) is 2. The summed E-state index contributed by atoms with van der Waals surface area (Å²) in [6, 6.07) is 1.95. The number of fused-ring (bicyclic) bond motifs is 3. The van der Waals surface area contributed by atoms with Gasteiger partial charge in [-0.15, -0.1) is 0 Å². The molecule has 152 valence electrons. The Kier molecular flexibility index (Phi) is 4.05. The number of amides is 1. The average Bonchev–Trinajstić information content (AvgIpc) is 3.01. The largest absolute Gasteiger partial charge is 0.335 e. The Bertz CT molecular complexity index is 1100. The fraction of sp³-hybridized carbons (Fsp3) is 0.545. The van der Waals surface area contributed by atoms with Crippen LogP contribution in [0.15, 0.2) is 12.3 Å². The van der Waals surface area contributed by atoms with Gasteiger partial charge in [-0.3, -0.25) is 9.89 Å². The number of aromatic nitrogens is 5. The number of hydrogen-bond acceptors (Lipinski definition) is 4. The van der Waals surface area contributed by atoms with Gasteiger partial charge in [0.05, 0.1) is 17.4 Å². The number of rotatable bonds is 5. The van der Waals surface area contributed by atoms with E-state index in [0.29, 0.717) is 23.4 Å². The lowest BCUT2D eigenvalue weighted by Crippen LogP contribution is -2.26. The van der Waals surface area contributed by atoms with E-state index in [2.05, 4.69) is 45.9 Å². The monoisotopic (exact) mass is 392 g/mol. The van der Waals surface area contributed by atoms with Gasteiger partial charge in [-0.2, -0.15) is 5.10 Å². The molecule has 1 fully saturated rings. The number of anilines is 1. The molecule has 3 aromatic rings. The number of imidazole rings is 1. The van der Waals surface area contributed by atoms with Crippen molar-refractivity contribution in [3.8, 4) is 11.5 Å². The lowest BCUT2D eigenvalue weighted by atomic mass is 9.88. The summed E-state index contributed by atoms with van der Waals surface area (Å²) in [6.07, 6.45) is 6.59. The Balaban J connectivity index is 1.42. The van der Waals surface area contributed by atoms with Gasteiger partial charge < -0.3 is 9.88 Å². The average molecular weight is 393 g/mol. The second-order valence-electron chi connectivity index (χ2n) is 9.50. The van der Waals surface area contributed by atoms with Crippen LogP contribution in [0.1, 0.15) is 51.3 Å². The lowest BCUT2D eigenvalue weighted by molar-refractivity contribution is -0.118. The summed E-state index contributed by atoms with van der Waals surface area (Å²) < 4.78 is 0. The Morgan fingerprint density at radius 2 is 2.24 bits per heavy atom. The maximum absolute atomic E-state index is 12.5. The van der Waals surface area contributed by atoms with E-state index < -0.39 is 0 Å². The van der Waals surface area contributed by atoms with Crippen molar-refractivity contribution < 1.29 is 4.79 Å². The predicted octanol–water partition coefficient (Wildman–Crippen LogP) is 3.87. The van der Waals surface area contributed by atoms with Crippen LogP contribution < -0.4 is 4.90 Å². The predicted molar refractivity (Wildman–Crippen MR) is 113 cm³/mol. The van der Waals surface area contributed by atoms with Crippen molar-refractivity contribution in [3.63, 3.8) is 0 Å². The molecule has 7 nitrogen and oxygen atoms in total. The van der Waals surface area contributed by atoms with E-state index in [1.165, 1.54) is 17.7 Å². The van der Waals surface area contributed by atoms with Crippen molar-refractivity contribution in [1.82, 2.24) is 25.1 Å². The highest BCUT2D eigenvalue weighted by Crippen LogP contribution is 2.59. The standard InChI is InChI=1S/C22H28N6O/c1-12(2)5-6-18(29)28(4)14-8-16-20(23-11-14)25-21(24-16)19-15-7-13-9-22(13,3)10-17(15)26-27-19/h8,11-13H,5-7,9-10H2,1-4H3,(H,26,27)(H,23,24,25)/t13?,22-/m1/s1. The molecule has 1 amide bonds. The van der Waals surface area contributed by atoms with Gasteiger partial charge in [0.1, 0.15) is 5.69 Å². The number of nitrogens with zero attached hydrogens (tertiary/aromatic N) is 4. The molecule has 7 heteroatoms. The SMILES string of the molecule is CC(C)CCC(=O)N(C)c1cnc2nc(-c3n[nH]c4c3CC3C[C@]3(C)C4)[nH]c2c1. The number of nitrogens with one attached hydrogen (secondary N) is 2. The van der Waals surface area contributed by atoms with Gasteiger partial charge in [0.15, 0.2) is 11.5 Å². The molecule has 0 spiro atoms. The van der Waals surface area contributed by atoms with E-state index in [1.54, 1.807) is 18.1 Å². The summed E-state index contributed by atoms with van der Waals surface area (Å²) in [5.41, 5.74) is 6.18. The van der Waals surface area contributed by atoms with Crippen LogP contribution in [0.25, 0.3) is 22.7 Å². The third-order valence-corrected chi connectivity index (χ3v) is 6.77. The van der Waals surface area contributed by atoms with Crippen LogP contribution in [0.4, 0.5) is 5.69 Å². The Morgan fingerprint density at radius 3 is 3.03 bits per heavy atom. The number of carbonyl (C=O) groups is 1. The lowest BCUT2D eigenvalue weighted by Gasteiger charge is -2.17. The van der Waals surface area contributed by atoms with Crippen LogP contribution in [0.2, 0.25) is 0 Å². The summed E-state index contributed by atoms with van der Waals surface area (Å²) >= 11 is 0. The molecule has 0 radical (unpaired) electrons. The molecule has 3 heterocycles. The first-order chi connectivity index (χ1) is 13.8. The minimum Gasteiger partial charge on any atom is -0.335 e. The minimum atomic E-state index is 0.105. The Hall–Kier alpha value is -2.70. The van der Waals surface area contributed by atoms with Crippen LogP contribution in [-0.4, -0.2) is 38.1 Å². The molecule has 2 aliphatic carbocycles. The molecular weight excluding hydrogens is 364 g/mol. The molecule has 0 aliphatic heterocycles. The van der Waals surface area contributed by atoms with E-state index in [-0.39, 0.29) is 5.91 Å². The Labute approximate surface area is 170 Å². The molecule has 5 rings (SSSR count). The van der Waals surface area contributed by atoms with Crippen molar-refractivity contribution in [2.24, 2.45) is 17.3 Å². The van der Waals surface area contributed by atoms with E-state index in [9.17, 15) is 4.79 Å². The first-order valence-corrected chi connectivity index (χ1v) is 10.5. The molecule has 2 atom stereocenters. The fourth-order valence-corrected chi connectivity index (χ4v) is 4.56. The van der Waals surface area contributed by atoms with Crippen molar-refractivity contribution in [2.75, 3.05) is 11.9 Å². The van der Waals surface area contributed by atoms with Crippen LogP contribution in [0.3, 0.4) is 0 Å². The molecular formula is C22H28N6O. The maximum Gasteiger partial charge on any atom is 0.226 e. The summed E-state index contributed by atoms with van der Waals surface area (Å²) in [5, 5.41) is 7.80. The first kappa shape index (κ1) is 18.3. The highest BCUT2D eigenvalue weighted by molar-refractivity contribution is 5.94. The zero-order chi connectivity index (χ0) is 20.3. The smallest absolute Gasteiger partial charge is 0.226 e. The molecule has 0 saturated heterocycles.